The summed E-state index contributed by atoms with van der Waals surface area (Å²) in [5.74, 6) is 3.81. The highest BCUT2D eigenvalue weighted by Crippen LogP contribution is 2.37. The second kappa shape index (κ2) is 8.65. The molecule has 3 nitrogen and oxygen atoms in total. The first kappa shape index (κ1) is 18.2. The second-order valence-corrected chi connectivity index (χ2v) is 6.36. The number of terminal acetylenes is 1. The van der Waals surface area contributed by atoms with Crippen LogP contribution in [-0.2, 0) is 6.54 Å². The quantitative estimate of drug-likeness (QED) is 0.671. The summed E-state index contributed by atoms with van der Waals surface area (Å²) in [6.45, 7) is 7.59. The molecule has 24 heavy (non-hydrogen) atoms. The molecule has 2 rings (SSSR count). The molecule has 0 heterocycles. The van der Waals surface area contributed by atoms with Crippen LogP contribution in [0.5, 0.6) is 11.5 Å². The molecule has 2 aromatic carbocycles. The number of hydrogen-bond donors (Lipinski definition) is 1. The molecular formula is C20H22BrNO2. The molecule has 0 aliphatic rings. The van der Waals surface area contributed by atoms with Gasteiger partial charge in [0.25, 0.3) is 0 Å². The van der Waals surface area contributed by atoms with E-state index in [4.69, 9.17) is 15.9 Å². The molecule has 126 valence electrons. The normalized spacial score (nSPS) is 10.1. The van der Waals surface area contributed by atoms with Crippen molar-refractivity contribution in [1.29, 1.82) is 0 Å². The molecule has 4 heteroatoms. The van der Waals surface area contributed by atoms with E-state index < -0.39 is 0 Å². The Balaban J connectivity index is 2.21. The van der Waals surface area contributed by atoms with Gasteiger partial charge in [0.15, 0.2) is 11.5 Å². The summed E-state index contributed by atoms with van der Waals surface area (Å²) in [6.07, 6.45) is 5.28. The van der Waals surface area contributed by atoms with Gasteiger partial charge in [0.2, 0.25) is 0 Å². The summed E-state index contributed by atoms with van der Waals surface area (Å²) < 4.78 is 12.1. The van der Waals surface area contributed by atoms with Crippen molar-refractivity contribution in [2.75, 3.05) is 18.5 Å². The molecule has 0 aromatic heterocycles. The van der Waals surface area contributed by atoms with E-state index in [1.807, 2.05) is 19.1 Å². The van der Waals surface area contributed by atoms with Crippen molar-refractivity contribution in [3.05, 3.63) is 51.5 Å². The van der Waals surface area contributed by atoms with Gasteiger partial charge < -0.3 is 14.8 Å². The van der Waals surface area contributed by atoms with Crippen LogP contribution in [0.2, 0.25) is 0 Å². The molecule has 1 N–H and O–H groups in total. The average molecular weight is 388 g/mol. The maximum Gasteiger partial charge on any atom is 0.176 e. The van der Waals surface area contributed by atoms with Crippen molar-refractivity contribution in [3.63, 3.8) is 0 Å². The van der Waals surface area contributed by atoms with Gasteiger partial charge >= 0.3 is 0 Å². The van der Waals surface area contributed by atoms with Gasteiger partial charge in [0.05, 0.1) is 11.1 Å². The largest absolute Gasteiger partial charge is 0.490 e. The van der Waals surface area contributed by atoms with E-state index in [9.17, 15) is 0 Å². The summed E-state index contributed by atoms with van der Waals surface area (Å²) >= 11 is 3.55. The van der Waals surface area contributed by atoms with Crippen LogP contribution in [-0.4, -0.2) is 13.2 Å². The smallest absolute Gasteiger partial charge is 0.176 e. The standard InChI is InChI=1S/C20H22BrNO2/c1-5-9-24-20-17(21)11-16(12-19(20)23-6-2)13-22-18-10-14(3)7-8-15(18)4/h1,7-8,10-12,22H,6,9,13H2,2-4H3. The van der Waals surface area contributed by atoms with Gasteiger partial charge in [-0.2, -0.15) is 0 Å². The summed E-state index contributed by atoms with van der Waals surface area (Å²) in [5, 5.41) is 3.48. The van der Waals surface area contributed by atoms with E-state index in [1.54, 1.807) is 0 Å². The van der Waals surface area contributed by atoms with Crippen LogP contribution in [0, 0.1) is 26.2 Å². The van der Waals surface area contributed by atoms with Crippen LogP contribution in [0.4, 0.5) is 5.69 Å². The molecule has 0 aliphatic heterocycles. The van der Waals surface area contributed by atoms with E-state index >= 15 is 0 Å². The van der Waals surface area contributed by atoms with Crippen molar-refractivity contribution in [1.82, 2.24) is 0 Å². The van der Waals surface area contributed by atoms with E-state index in [0.717, 1.165) is 15.7 Å². The minimum atomic E-state index is 0.207. The molecule has 0 atom stereocenters. The lowest BCUT2D eigenvalue weighted by molar-refractivity contribution is 0.297. The minimum absolute atomic E-state index is 0.207. The molecule has 0 amide bonds. The summed E-state index contributed by atoms with van der Waals surface area (Å²) in [5.41, 5.74) is 4.69. The zero-order chi connectivity index (χ0) is 17.5. The molecule has 0 saturated heterocycles. The Bertz CT molecular complexity index is 750. The maximum atomic E-state index is 5.70. The number of benzene rings is 2. The van der Waals surface area contributed by atoms with Crippen LogP contribution < -0.4 is 14.8 Å². The van der Waals surface area contributed by atoms with E-state index in [1.165, 1.54) is 11.1 Å². The van der Waals surface area contributed by atoms with Crippen molar-refractivity contribution in [2.24, 2.45) is 0 Å². The first-order valence-corrected chi connectivity index (χ1v) is 8.67. The Morgan fingerprint density at radius 1 is 1.17 bits per heavy atom. The Labute approximate surface area is 152 Å². The van der Waals surface area contributed by atoms with Crippen molar-refractivity contribution in [3.8, 4) is 23.8 Å². The number of ether oxygens (including phenoxy) is 2. The fraction of sp³-hybridized carbons (Fsp3) is 0.300. The van der Waals surface area contributed by atoms with Crippen LogP contribution in [0.1, 0.15) is 23.6 Å². The number of hydrogen-bond acceptors (Lipinski definition) is 3. The molecule has 2 aromatic rings. The van der Waals surface area contributed by atoms with Gasteiger partial charge in [-0.15, -0.1) is 6.42 Å². The highest BCUT2D eigenvalue weighted by atomic mass is 79.9. The fourth-order valence-corrected chi connectivity index (χ4v) is 2.97. The molecule has 0 bridgehead atoms. The Hall–Kier alpha value is -2.12. The van der Waals surface area contributed by atoms with Gasteiger partial charge in [-0.3, -0.25) is 0 Å². The third-order valence-electron chi connectivity index (χ3n) is 3.55. The zero-order valence-electron chi connectivity index (χ0n) is 14.3. The average Bonchev–Trinajstić information content (AvgIpc) is 2.55. The van der Waals surface area contributed by atoms with Crippen molar-refractivity contribution >= 4 is 21.6 Å². The van der Waals surface area contributed by atoms with Crippen LogP contribution in [0.25, 0.3) is 0 Å². The summed E-state index contributed by atoms with van der Waals surface area (Å²) in [7, 11) is 0. The van der Waals surface area contributed by atoms with Crippen molar-refractivity contribution < 1.29 is 9.47 Å². The molecule has 0 fully saturated rings. The highest BCUT2D eigenvalue weighted by Gasteiger charge is 2.12. The first-order chi connectivity index (χ1) is 11.5. The van der Waals surface area contributed by atoms with Gasteiger partial charge in [0, 0.05) is 12.2 Å². The van der Waals surface area contributed by atoms with E-state index in [0.29, 0.717) is 24.7 Å². The van der Waals surface area contributed by atoms with Gasteiger partial charge in [-0.05, 0) is 71.6 Å². The maximum absolute atomic E-state index is 5.70. The zero-order valence-corrected chi connectivity index (χ0v) is 15.9. The summed E-state index contributed by atoms with van der Waals surface area (Å²) in [6, 6.07) is 10.4. The Morgan fingerprint density at radius 3 is 2.67 bits per heavy atom. The van der Waals surface area contributed by atoms with Gasteiger partial charge in [-0.1, -0.05) is 18.1 Å². The number of halogens is 1. The van der Waals surface area contributed by atoms with Crippen LogP contribution in [0.15, 0.2) is 34.8 Å². The molecule has 0 saturated carbocycles. The number of rotatable bonds is 7. The molecule has 0 radical (unpaired) electrons. The minimum Gasteiger partial charge on any atom is -0.490 e. The molecule has 0 spiro atoms. The molecule has 0 unspecified atom stereocenters. The number of aryl methyl sites for hydroxylation is 2. The summed E-state index contributed by atoms with van der Waals surface area (Å²) in [4.78, 5) is 0. The monoisotopic (exact) mass is 387 g/mol. The lowest BCUT2D eigenvalue weighted by Crippen LogP contribution is -2.04. The van der Waals surface area contributed by atoms with E-state index in [2.05, 4.69) is 59.2 Å². The molecule has 0 aliphatic carbocycles. The topological polar surface area (TPSA) is 30.5 Å². The number of nitrogens with one attached hydrogen (secondary N) is 1. The third kappa shape index (κ3) is 4.69. The lowest BCUT2D eigenvalue weighted by atomic mass is 10.1. The Morgan fingerprint density at radius 2 is 1.96 bits per heavy atom. The van der Waals surface area contributed by atoms with Crippen LogP contribution >= 0.6 is 15.9 Å². The van der Waals surface area contributed by atoms with Gasteiger partial charge in [-0.25, -0.2) is 0 Å². The highest BCUT2D eigenvalue weighted by molar-refractivity contribution is 9.10. The third-order valence-corrected chi connectivity index (χ3v) is 4.13. The van der Waals surface area contributed by atoms with E-state index in [-0.39, 0.29) is 6.61 Å². The first-order valence-electron chi connectivity index (χ1n) is 7.87. The lowest BCUT2D eigenvalue weighted by Gasteiger charge is -2.15. The van der Waals surface area contributed by atoms with Crippen LogP contribution in [0.3, 0.4) is 0 Å². The second-order valence-electron chi connectivity index (χ2n) is 5.50. The fourth-order valence-electron chi connectivity index (χ4n) is 2.36. The SMILES string of the molecule is C#CCOc1c(Br)cc(CNc2cc(C)ccc2C)cc1OCC. The predicted molar refractivity (Wildman–Crippen MR) is 103 cm³/mol. The predicted octanol–water partition coefficient (Wildman–Crippen LogP) is 5.09. The van der Waals surface area contributed by atoms with Gasteiger partial charge in [0.1, 0.15) is 6.61 Å². The number of anilines is 1. The molecular weight excluding hydrogens is 366 g/mol. The van der Waals surface area contributed by atoms with Crippen molar-refractivity contribution in [2.45, 2.75) is 27.3 Å². The Kier molecular flexibility index (Phi) is 6.57.